The molecule has 0 radical (unpaired) electrons. The predicted octanol–water partition coefficient (Wildman–Crippen LogP) is 2.98. The molecule has 26 heavy (non-hydrogen) atoms. The first-order chi connectivity index (χ1) is 12.3. The maximum absolute atomic E-state index is 12.5. The van der Waals surface area contributed by atoms with Crippen molar-refractivity contribution in [3.63, 3.8) is 0 Å². The number of likely N-dealkylation sites (tertiary alicyclic amines) is 1. The molecule has 1 amide bonds. The van der Waals surface area contributed by atoms with Crippen LogP contribution in [-0.2, 0) is 0 Å². The molecule has 1 aromatic carbocycles. The predicted molar refractivity (Wildman–Crippen MR) is 84.8 cm³/mol. The van der Waals surface area contributed by atoms with Gasteiger partial charge in [-0.05, 0) is 25.1 Å². The Morgan fingerprint density at radius 1 is 1.31 bits per heavy atom. The number of benzene rings is 1. The molecule has 6 nitrogen and oxygen atoms in total. The highest BCUT2D eigenvalue weighted by Gasteiger charge is 2.32. The quantitative estimate of drug-likeness (QED) is 0.831. The number of carbonyl (C=O) groups excluding carboxylic acids is 1. The van der Waals surface area contributed by atoms with Gasteiger partial charge in [-0.2, -0.15) is 4.98 Å². The summed E-state index contributed by atoms with van der Waals surface area (Å²) in [6.07, 6.45) is -2.85. The van der Waals surface area contributed by atoms with Crippen LogP contribution in [0.5, 0.6) is 11.6 Å². The second-order valence-corrected chi connectivity index (χ2v) is 5.80. The van der Waals surface area contributed by atoms with Crippen LogP contribution in [0, 0.1) is 6.92 Å². The molecule has 3 rings (SSSR count). The van der Waals surface area contributed by atoms with Gasteiger partial charge in [0.15, 0.2) is 0 Å². The first-order valence-electron chi connectivity index (χ1n) is 7.91. The average Bonchev–Trinajstić information content (AvgIpc) is 3.01. The number of amides is 1. The molecule has 0 N–H and O–H groups in total. The summed E-state index contributed by atoms with van der Waals surface area (Å²) in [4.78, 5) is 22.2. The van der Waals surface area contributed by atoms with E-state index in [9.17, 15) is 18.0 Å². The number of aryl methyl sites for hydroxylation is 1. The zero-order chi connectivity index (χ0) is 18.7. The molecule has 1 unspecified atom stereocenters. The van der Waals surface area contributed by atoms with E-state index in [0.717, 1.165) is 12.1 Å². The highest BCUT2D eigenvalue weighted by atomic mass is 19.4. The van der Waals surface area contributed by atoms with Crippen molar-refractivity contribution in [3.8, 4) is 11.6 Å². The SMILES string of the molecule is Cc1nccc(OC2CCN(C(=O)c3cccc(OC(F)(F)F)c3)C2)n1. The molecule has 0 bridgehead atoms. The lowest BCUT2D eigenvalue weighted by Gasteiger charge is -2.17. The fraction of sp³-hybridized carbons (Fsp3) is 0.353. The molecule has 138 valence electrons. The molecule has 2 heterocycles. The van der Waals surface area contributed by atoms with E-state index in [2.05, 4.69) is 14.7 Å². The van der Waals surface area contributed by atoms with E-state index in [1.165, 1.54) is 17.0 Å². The van der Waals surface area contributed by atoms with Gasteiger partial charge in [0, 0.05) is 30.8 Å². The Morgan fingerprint density at radius 2 is 2.12 bits per heavy atom. The molecule has 1 saturated heterocycles. The van der Waals surface area contributed by atoms with Crippen molar-refractivity contribution in [2.24, 2.45) is 0 Å². The van der Waals surface area contributed by atoms with Crippen molar-refractivity contribution < 1.29 is 27.4 Å². The van der Waals surface area contributed by atoms with Gasteiger partial charge in [0.25, 0.3) is 5.91 Å². The van der Waals surface area contributed by atoms with E-state index in [-0.39, 0.29) is 17.6 Å². The zero-order valence-corrected chi connectivity index (χ0v) is 13.9. The zero-order valence-electron chi connectivity index (χ0n) is 13.9. The summed E-state index contributed by atoms with van der Waals surface area (Å²) in [5, 5.41) is 0. The number of rotatable bonds is 4. The number of hydrogen-bond acceptors (Lipinski definition) is 5. The first kappa shape index (κ1) is 18.0. The third-order valence-electron chi connectivity index (χ3n) is 3.78. The smallest absolute Gasteiger partial charge is 0.472 e. The van der Waals surface area contributed by atoms with Crippen LogP contribution in [-0.4, -0.2) is 46.3 Å². The van der Waals surface area contributed by atoms with Crippen LogP contribution in [0.2, 0.25) is 0 Å². The number of carbonyl (C=O) groups is 1. The van der Waals surface area contributed by atoms with Crippen molar-refractivity contribution in [2.45, 2.75) is 25.8 Å². The monoisotopic (exact) mass is 367 g/mol. The van der Waals surface area contributed by atoms with Gasteiger partial charge in [-0.3, -0.25) is 4.79 Å². The molecule has 1 aliphatic rings. The van der Waals surface area contributed by atoms with E-state index in [1.54, 1.807) is 19.2 Å². The Kier molecular flexibility index (Phi) is 4.97. The molecule has 0 spiro atoms. The van der Waals surface area contributed by atoms with Crippen LogP contribution in [0.3, 0.4) is 0 Å². The van der Waals surface area contributed by atoms with Crippen molar-refractivity contribution in [1.29, 1.82) is 0 Å². The van der Waals surface area contributed by atoms with Gasteiger partial charge >= 0.3 is 6.36 Å². The van der Waals surface area contributed by atoms with Crippen molar-refractivity contribution in [2.75, 3.05) is 13.1 Å². The number of hydrogen-bond donors (Lipinski definition) is 0. The molecule has 2 aromatic rings. The minimum atomic E-state index is -4.80. The van der Waals surface area contributed by atoms with Gasteiger partial charge < -0.3 is 14.4 Å². The van der Waals surface area contributed by atoms with Gasteiger partial charge in [0.2, 0.25) is 5.88 Å². The van der Waals surface area contributed by atoms with Crippen LogP contribution < -0.4 is 9.47 Å². The molecule has 0 aliphatic carbocycles. The van der Waals surface area contributed by atoms with E-state index < -0.39 is 12.1 Å². The summed E-state index contributed by atoms with van der Waals surface area (Å²) < 4.78 is 46.6. The third kappa shape index (κ3) is 4.62. The number of nitrogens with zero attached hydrogens (tertiary/aromatic N) is 3. The average molecular weight is 367 g/mol. The number of ether oxygens (including phenoxy) is 2. The second-order valence-electron chi connectivity index (χ2n) is 5.80. The van der Waals surface area contributed by atoms with Gasteiger partial charge in [-0.1, -0.05) is 6.07 Å². The topological polar surface area (TPSA) is 64.5 Å². The fourth-order valence-corrected chi connectivity index (χ4v) is 2.69. The summed E-state index contributed by atoms with van der Waals surface area (Å²) in [6.45, 7) is 2.51. The molecular formula is C17H16F3N3O3. The molecule has 9 heteroatoms. The minimum Gasteiger partial charge on any atom is -0.472 e. The fourth-order valence-electron chi connectivity index (χ4n) is 2.69. The van der Waals surface area contributed by atoms with Gasteiger partial charge in [0.1, 0.15) is 17.7 Å². The summed E-state index contributed by atoms with van der Waals surface area (Å²) in [6, 6.07) is 6.67. The lowest BCUT2D eigenvalue weighted by atomic mass is 10.2. The lowest BCUT2D eigenvalue weighted by Crippen LogP contribution is -2.31. The lowest BCUT2D eigenvalue weighted by molar-refractivity contribution is -0.274. The maximum atomic E-state index is 12.5. The largest absolute Gasteiger partial charge is 0.573 e. The molecule has 1 fully saturated rings. The van der Waals surface area contributed by atoms with Crippen LogP contribution in [0.15, 0.2) is 36.5 Å². The number of alkyl halides is 3. The summed E-state index contributed by atoms with van der Waals surface area (Å²) >= 11 is 0. The molecule has 0 saturated carbocycles. The molecule has 1 aliphatic heterocycles. The standard InChI is InChI=1S/C17H16F3N3O3/c1-11-21-7-5-15(22-11)25-14-6-8-23(10-14)16(24)12-3-2-4-13(9-12)26-17(18,19)20/h2-5,7,9,14H,6,8,10H2,1H3. The van der Waals surface area contributed by atoms with Crippen LogP contribution in [0.4, 0.5) is 13.2 Å². The third-order valence-corrected chi connectivity index (χ3v) is 3.78. The van der Waals surface area contributed by atoms with Crippen molar-refractivity contribution >= 4 is 5.91 Å². The molecule has 1 atom stereocenters. The number of halogens is 3. The highest BCUT2D eigenvalue weighted by molar-refractivity contribution is 5.94. The summed E-state index contributed by atoms with van der Waals surface area (Å²) in [7, 11) is 0. The summed E-state index contributed by atoms with van der Waals surface area (Å²) in [5.74, 6) is 0.210. The Balaban J connectivity index is 1.63. The highest BCUT2D eigenvalue weighted by Crippen LogP contribution is 2.25. The first-order valence-corrected chi connectivity index (χ1v) is 7.91. The van der Waals surface area contributed by atoms with Crippen LogP contribution in [0.1, 0.15) is 22.6 Å². The molecular weight excluding hydrogens is 351 g/mol. The molecule has 1 aromatic heterocycles. The van der Waals surface area contributed by atoms with Crippen LogP contribution >= 0.6 is 0 Å². The van der Waals surface area contributed by atoms with Gasteiger partial charge in [-0.15, -0.1) is 13.2 Å². The van der Waals surface area contributed by atoms with Gasteiger partial charge in [-0.25, -0.2) is 4.98 Å². The van der Waals surface area contributed by atoms with Crippen LogP contribution in [0.25, 0.3) is 0 Å². The maximum Gasteiger partial charge on any atom is 0.573 e. The Bertz CT molecular complexity index is 798. The van der Waals surface area contributed by atoms with Crippen molar-refractivity contribution in [1.82, 2.24) is 14.9 Å². The Morgan fingerprint density at radius 3 is 2.85 bits per heavy atom. The van der Waals surface area contributed by atoms with E-state index >= 15 is 0 Å². The van der Waals surface area contributed by atoms with Crippen molar-refractivity contribution in [3.05, 3.63) is 47.9 Å². The van der Waals surface area contributed by atoms with E-state index in [1.807, 2.05) is 0 Å². The van der Waals surface area contributed by atoms with Gasteiger partial charge in [0.05, 0.1) is 6.54 Å². The van der Waals surface area contributed by atoms with E-state index in [0.29, 0.717) is 31.2 Å². The summed E-state index contributed by atoms with van der Waals surface area (Å²) in [5.41, 5.74) is 0.130. The van der Waals surface area contributed by atoms with E-state index in [4.69, 9.17) is 4.74 Å². The normalized spacial score (nSPS) is 17.2. The Labute approximate surface area is 147 Å². The second kappa shape index (κ2) is 7.19. The minimum absolute atomic E-state index is 0.130. The number of aromatic nitrogens is 2. The Hall–Kier alpha value is -2.84.